The van der Waals surface area contributed by atoms with Gasteiger partial charge in [-0.15, -0.1) is 11.3 Å². The molecule has 2 heterocycles. The number of ether oxygens (including phenoxy) is 2. The molecule has 0 fully saturated rings. The Balaban J connectivity index is 1.66. The number of thioether (sulfide) groups is 1. The molecule has 3 rings (SSSR count). The summed E-state index contributed by atoms with van der Waals surface area (Å²) in [5.74, 6) is 1.63. The molecule has 0 spiro atoms. The van der Waals surface area contributed by atoms with Crippen molar-refractivity contribution >= 4 is 39.2 Å². The Morgan fingerprint density at radius 2 is 2.08 bits per heavy atom. The molecular weight excluding hydrogens is 370 g/mol. The third kappa shape index (κ3) is 3.91. The topological polar surface area (TPSA) is 64.5 Å². The number of carbonyl (C=O) groups is 1. The molecule has 26 heavy (non-hydrogen) atoms. The van der Waals surface area contributed by atoms with Gasteiger partial charge in [0.25, 0.3) is 0 Å². The summed E-state index contributed by atoms with van der Waals surface area (Å²) in [7, 11) is 4.97. The molecule has 0 bridgehead atoms. The molecule has 0 saturated heterocycles. The third-order valence-electron chi connectivity index (χ3n) is 3.88. The van der Waals surface area contributed by atoms with Crippen LogP contribution in [0, 0.1) is 0 Å². The lowest BCUT2D eigenvalue weighted by molar-refractivity contribution is -0.127. The van der Waals surface area contributed by atoms with Crippen LogP contribution in [0.1, 0.15) is 5.56 Å². The van der Waals surface area contributed by atoms with Gasteiger partial charge in [0, 0.05) is 24.5 Å². The van der Waals surface area contributed by atoms with Gasteiger partial charge < -0.3 is 14.4 Å². The summed E-state index contributed by atoms with van der Waals surface area (Å²) >= 11 is 2.99. The van der Waals surface area contributed by atoms with Crippen molar-refractivity contribution in [3.8, 4) is 11.5 Å². The molecule has 6 nitrogen and oxygen atoms in total. The van der Waals surface area contributed by atoms with E-state index in [4.69, 9.17) is 9.47 Å². The van der Waals surface area contributed by atoms with E-state index in [1.807, 2.05) is 29.6 Å². The van der Waals surface area contributed by atoms with Gasteiger partial charge in [-0.05, 0) is 17.5 Å². The quantitative estimate of drug-likeness (QED) is 0.455. The van der Waals surface area contributed by atoms with Crippen molar-refractivity contribution in [1.82, 2.24) is 14.9 Å². The summed E-state index contributed by atoms with van der Waals surface area (Å²) in [6.45, 7) is 0.442. The largest absolute Gasteiger partial charge is 0.493 e. The fourth-order valence-electron chi connectivity index (χ4n) is 2.54. The predicted octanol–water partition coefficient (Wildman–Crippen LogP) is 3.46. The minimum Gasteiger partial charge on any atom is -0.493 e. The van der Waals surface area contributed by atoms with Crippen LogP contribution in [0.2, 0.25) is 0 Å². The lowest BCUT2D eigenvalue weighted by Gasteiger charge is -2.19. The Kier molecular flexibility index (Phi) is 5.95. The van der Waals surface area contributed by atoms with Crippen molar-refractivity contribution in [2.45, 2.75) is 11.6 Å². The van der Waals surface area contributed by atoms with Gasteiger partial charge >= 0.3 is 0 Å². The standard InChI is InChI=1S/C18H19N3O3S2/c1-21(9-12-5-4-6-14(23-2)16(12)24-3)15(22)10-26-18-13-7-8-25-17(13)19-11-20-18/h4-8,11H,9-10H2,1-3H3. The molecule has 0 radical (unpaired) electrons. The molecule has 3 aromatic rings. The monoisotopic (exact) mass is 389 g/mol. The van der Waals surface area contributed by atoms with E-state index >= 15 is 0 Å². The molecule has 0 unspecified atom stereocenters. The Morgan fingerprint density at radius 3 is 2.85 bits per heavy atom. The molecule has 2 aromatic heterocycles. The van der Waals surface area contributed by atoms with Crippen LogP contribution in [0.5, 0.6) is 11.5 Å². The van der Waals surface area contributed by atoms with Crippen molar-refractivity contribution < 1.29 is 14.3 Å². The van der Waals surface area contributed by atoms with E-state index in [1.165, 1.54) is 18.1 Å². The first kappa shape index (κ1) is 18.5. The maximum atomic E-state index is 12.5. The van der Waals surface area contributed by atoms with E-state index < -0.39 is 0 Å². The number of thiophene rings is 1. The van der Waals surface area contributed by atoms with E-state index in [2.05, 4.69) is 9.97 Å². The summed E-state index contributed by atoms with van der Waals surface area (Å²) in [5.41, 5.74) is 0.898. The Morgan fingerprint density at radius 1 is 1.23 bits per heavy atom. The van der Waals surface area contributed by atoms with E-state index in [0.29, 0.717) is 23.8 Å². The zero-order valence-corrected chi connectivity index (χ0v) is 16.4. The molecule has 0 N–H and O–H groups in total. The van der Waals surface area contributed by atoms with Crippen molar-refractivity contribution in [3.63, 3.8) is 0 Å². The normalized spacial score (nSPS) is 10.7. The molecule has 0 aliphatic heterocycles. The van der Waals surface area contributed by atoms with E-state index in [1.54, 1.807) is 37.5 Å². The molecule has 0 saturated carbocycles. The van der Waals surface area contributed by atoms with Crippen LogP contribution in [0.4, 0.5) is 0 Å². The number of amides is 1. The summed E-state index contributed by atoms with van der Waals surface area (Å²) in [5, 5.41) is 3.80. The second-order valence-electron chi connectivity index (χ2n) is 5.51. The number of hydrogen-bond donors (Lipinski definition) is 0. The number of methoxy groups -OCH3 is 2. The number of rotatable bonds is 7. The molecule has 8 heteroatoms. The first-order chi connectivity index (χ1) is 12.6. The SMILES string of the molecule is COc1cccc(CN(C)C(=O)CSc2ncnc3sccc23)c1OC. The zero-order chi connectivity index (χ0) is 18.5. The number of aromatic nitrogens is 2. The first-order valence-corrected chi connectivity index (χ1v) is 9.75. The number of benzene rings is 1. The van der Waals surface area contributed by atoms with Crippen molar-refractivity contribution in [2.75, 3.05) is 27.0 Å². The number of fused-ring (bicyclic) bond motifs is 1. The smallest absolute Gasteiger partial charge is 0.233 e. The van der Waals surface area contributed by atoms with Gasteiger partial charge in [0.15, 0.2) is 11.5 Å². The molecular formula is C18H19N3O3S2. The summed E-state index contributed by atoms with van der Waals surface area (Å²) < 4.78 is 10.7. The number of carbonyl (C=O) groups excluding carboxylic acids is 1. The third-order valence-corrected chi connectivity index (χ3v) is 5.69. The van der Waals surface area contributed by atoms with Gasteiger partial charge in [-0.2, -0.15) is 0 Å². The van der Waals surface area contributed by atoms with E-state index in [9.17, 15) is 4.79 Å². The van der Waals surface area contributed by atoms with Gasteiger partial charge in [0.05, 0.1) is 20.0 Å². The van der Waals surface area contributed by atoms with Crippen LogP contribution >= 0.6 is 23.1 Å². The average molecular weight is 390 g/mol. The minimum atomic E-state index is 0.0156. The summed E-state index contributed by atoms with van der Waals surface area (Å²) in [4.78, 5) is 23.7. The van der Waals surface area contributed by atoms with E-state index in [-0.39, 0.29) is 5.91 Å². The first-order valence-electron chi connectivity index (χ1n) is 7.89. The van der Waals surface area contributed by atoms with Crippen LogP contribution in [0.3, 0.4) is 0 Å². The van der Waals surface area contributed by atoms with Gasteiger partial charge in [0.1, 0.15) is 16.2 Å². The predicted molar refractivity (Wildman–Crippen MR) is 104 cm³/mol. The minimum absolute atomic E-state index is 0.0156. The van der Waals surface area contributed by atoms with Gasteiger partial charge in [-0.3, -0.25) is 4.79 Å². The second-order valence-corrected chi connectivity index (χ2v) is 7.37. The highest BCUT2D eigenvalue weighted by Crippen LogP contribution is 2.32. The highest BCUT2D eigenvalue weighted by atomic mass is 32.2. The molecule has 0 atom stereocenters. The van der Waals surface area contributed by atoms with Gasteiger partial charge in [-0.25, -0.2) is 9.97 Å². The lowest BCUT2D eigenvalue weighted by Crippen LogP contribution is -2.28. The van der Waals surface area contributed by atoms with Crippen LogP contribution < -0.4 is 9.47 Å². The fraction of sp³-hybridized carbons (Fsp3) is 0.278. The highest BCUT2D eigenvalue weighted by molar-refractivity contribution is 8.00. The Labute approximate surface area is 160 Å². The maximum Gasteiger partial charge on any atom is 0.233 e. The lowest BCUT2D eigenvalue weighted by atomic mass is 10.1. The van der Waals surface area contributed by atoms with Crippen LogP contribution in [0.25, 0.3) is 10.2 Å². The van der Waals surface area contributed by atoms with Crippen molar-refractivity contribution in [1.29, 1.82) is 0 Å². The Hall–Kier alpha value is -2.32. The fourth-order valence-corrected chi connectivity index (χ4v) is 4.26. The number of para-hydroxylation sites is 1. The molecule has 1 aromatic carbocycles. The summed E-state index contributed by atoms with van der Waals surface area (Å²) in [6.07, 6.45) is 1.54. The maximum absolute atomic E-state index is 12.5. The number of nitrogens with zero attached hydrogens (tertiary/aromatic N) is 3. The van der Waals surface area contributed by atoms with Crippen LogP contribution in [-0.2, 0) is 11.3 Å². The van der Waals surface area contributed by atoms with Crippen LogP contribution in [0.15, 0.2) is 41.0 Å². The number of hydrogen-bond acceptors (Lipinski definition) is 7. The van der Waals surface area contributed by atoms with Crippen molar-refractivity contribution in [3.05, 3.63) is 41.5 Å². The highest BCUT2D eigenvalue weighted by Gasteiger charge is 2.16. The van der Waals surface area contributed by atoms with Gasteiger partial charge in [-0.1, -0.05) is 23.9 Å². The molecule has 0 aliphatic rings. The van der Waals surface area contributed by atoms with Crippen molar-refractivity contribution in [2.24, 2.45) is 0 Å². The second kappa shape index (κ2) is 8.37. The molecule has 0 aliphatic carbocycles. The van der Waals surface area contributed by atoms with Crippen LogP contribution in [-0.4, -0.2) is 47.8 Å². The zero-order valence-electron chi connectivity index (χ0n) is 14.8. The van der Waals surface area contributed by atoms with E-state index in [0.717, 1.165) is 20.8 Å². The summed E-state index contributed by atoms with van der Waals surface area (Å²) in [6, 6.07) is 7.63. The molecule has 1 amide bonds. The average Bonchev–Trinajstić information content (AvgIpc) is 3.15. The molecule has 136 valence electrons. The van der Waals surface area contributed by atoms with Gasteiger partial charge in [0.2, 0.25) is 5.91 Å². The Bertz CT molecular complexity index is 914.